The summed E-state index contributed by atoms with van der Waals surface area (Å²) in [5, 5.41) is 6.72. The van der Waals surface area contributed by atoms with Crippen LogP contribution in [0.25, 0.3) is 0 Å². The summed E-state index contributed by atoms with van der Waals surface area (Å²) in [7, 11) is 0. The number of benzene rings is 2. The number of nitrogens with one attached hydrogen (secondary N) is 2. The molecule has 0 aliphatic carbocycles. The third-order valence-corrected chi connectivity index (χ3v) is 3.48. The van der Waals surface area contributed by atoms with Gasteiger partial charge in [-0.15, -0.1) is 0 Å². The van der Waals surface area contributed by atoms with Gasteiger partial charge in [-0.3, -0.25) is 4.98 Å². The second-order valence-corrected chi connectivity index (χ2v) is 5.53. The summed E-state index contributed by atoms with van der Waals surface area (Å²) < 4.78 is 5.76. The van der Waals surface area contributed by atoms with Crippen molar-refractivity contribution in [2.24, 2.45) is 0 Å². The molecule has 24 heavy (non-hydrogen) atoms. The van der Waals surface area contributed by atoms with E-state index in [2.05, 4.69) is 15.6 Å². The lowest BCUT2D eigenvalue weighted by atomic mass is 10.2. The molecule has 0 saturated heterocycles. The maximum absolute atomic E-state index is 5.76. The molecule has 0 saturated carbocycles. The van der Waals surface area contributed by atoms with Crippen LogP contribution in [0.15, 0.2) is 79.1 Å². The first-order chi connectivity index (χ1) is 11.8. The Morgan fingerprint density at radius 1 is 0.875 bits per heavy atom. The van der Waals surface area contributed by atoms with Crippen molar-refractivity contribution in [3.8, 4) is 5.75 Å². The van der Waals surface area contributed by atoms with Gasteiger partial charge in [0, 0.05) is 11.9 Å². The van der Waals surface area contributed by atoms with Crippen LogP contribution in [0.2, 0.25) is 0 Å². The predicted octanol–water partition coefficient (Wildman–Crippen LogP) is 4.47. The fourth-order valence-corrected chi connectivity index (χ4v) is 2.34. The Balaban J connectivity index is 1.51. The van der Waals surface area contributed by atoms with Crippen LogP contribution in [-0.2, 0) is 6.61 Å². The molecule has 0 amide bonds. The van der Waals surface area contributed by atoms with Crippen LogP contribution in [0.5, 0.6) is 5.75 Å². The number of anilines is 2. The highest BCUT2D eigenvalue weighted by atomic mass is 32.1. The van der Waals surface area contributed by atoms with E-state index in [1.807, 2.05) is 66.7 Å². The molecular weight excluding hydrogens is 318 g/mol. The monoisotopic (exact) mass is 335 g/mol. The summed E-state index contributed by atoms with van der Waals surface area (Å²) in [5.41, 5.74) is 2.88. The summed E-state index contributed by atoms with van der Waals surface area (Å²) in [6.45, 7) is 0.550. The lowest BCUT2D eigenvalue weighted by Crippen LogP contribution is -2.19. The molecule has 4 nitrogen and oxygen atoms in total. The Hall–Kier alpha value is -2.92. The molecule has 3 aromatic rings. The molecule has 1 heterocycles. The predicted molar refractivity (Wildman–Crippen MR) is 101 cm³/mol. The number of hydrogen-bond donors (Lipinski definition) is 2. The molecule has 5 heteroatoms. The lowest BCUT2D eigenvalue weighted by Gasteiger charge is -2.11. The SMILES string of the molecule is S=C(Nc1ccc(OCc2ccccc2)cc1)Nc1cccnc1. The highest BCUT2D eigenvalue weighted by Crippen LogP contribution is 2.17. The number of hydrogen-bond acceptors (Lipinski definition) is 3. The van der Waals surface area contributed by atoms with Crippen molar-refractivity contribution in [3.63, 3.8) is 0 Å². The molecule has 3 rings (SSSR count). The van der Waals surface area contributed by atoms with E-state index >= 15 is 0 Å². The van der Waals surface area contributed by atoms with Crippen LogP contribution < -0.4 is 15.4 Å². The average Bonchev–Trinajstić information content (AvgIpc) is 2.63. The minimum absolute atomic E-state index is 0.515. The van der Waals surface area contributed by atoms with Crippen LogP contribution in [0.4, 0.5) is 11.4 Å². The quantitative estimate of drug-likeness (QED) is 0.674. The van der Waals surface area contributed by atoms with E-state index in [0.29, 0.717) is 11.7 Å². The van der Waals surface area contributed by atoms with Crippen molar-refractivity contribution >= 4 is 28.7 Å². The molecule has 0 spiro atoms. The Morgan fingerprint density at radius 2 is 1.62 bits per heavy atom. The van der Waals surface area contributed by atoms with Crippen molar-refractivity contribution < 1.29 is 4.74 Å². The smallest absolute Gasteiger partial charge is 0.175 e. The minimum atomic E-state index is 0.515. The maximum atomic E-state index is 5.76. The fraction of sp³-hybridized carbons (Fsp3) is 0.0526. The topological polar surface area (TPSA) is 46.2 Å². The first kappa shape index (κ1) is 16.0. The molecule has 2 N–H and O–H groups in total. The first-order valence-electron chi connectivity index (χ1n) is 7.54. The summed E-state index contributed by atoms with van der Waals surface area (Å²) in [4.78, 5) is 4.04. The molecule has 1 aromatic heterocycles. The van der Waals surface area contributed by atoms with E-state index in [1.165, 1.54) is 0 Å². The zero-order chi connectivity index (χ0) is 16.6. The summed E-state index contributed by atoms with van der Waals surface area (Å²) >= 11 is 5.28. The first-order valence-corrected chi connectivity index (χ1v) is 7.95. The van der Waals surface area contributed by atoms with Crippen LogP contribution >= 0.6 is 12.2 Å². The second kappa shape index (κ2) is 8.08. The number of rotatable bonds is 5. The van der Waals surface area contributed by atoms with Gasteiger partial charge in [-0.05, 0) is 54.2 Å². The van der Waals surface area contributed by atoms with Crippen molar-refractivity contribution in [3.05, 3.63) is 84.7 Å². The Bertz CT molecular complexity index is 777. The van der Waals surface area contributed by atoms with Crippen LogP contribution in [0, 0.1) is 0 Å². The van der Waals surface area contributed by atoms with Crippen LogP contribution in [-0.4, -0.2) is 10.1 Å². The number of nitrogens with zero attached hydrogens (tertiary/aromatic N) is 1. The maximum Gasteiger partial charge on any atom is 0.175 e. The van der Waals surface area contributed by atoms with Crippen molar-refractivity contribution in [2.75, 3.05) is 10.6 Å². The highest BCUT2D eigenvalue weighted by Gasteiger charge is 2.00. The molecule has 2 aromatic carbocycles. The number of aromatic nitrogens is 1. The van der Waals surface area contributed by atoms with Gasteiger partial charge < -0.3 is 15.4 Å². The zero-order valence-corrected chi connectivity index (χ0v) is 13.8. The van der Waals surface area contributed by atoms with Gasteiger partial charge in [0.15, 0.2) is 5.11 Å². The van der Waals surface area contributed by atoms with Crippen molar-refractivity contribution in [1.29, 1.82) is 0 Å². The van der Waals surface area contributed by atoms with E-state index in [9.17, 15) is 0 Å². The van der Waals surface area contributed by atoms with Crippen molar-refractivity contribution in [2.45, 2.75) is 6.61 Å². The summed E-state index contributed by atoms with van der Waals surface area (Å²) in [6.07, 6.45) is 3.43. The van der Waals surface area contributed by atoms with Gasteiger partial charge in [-0.2, -0.15) is 0 Å². The van der Waals surface area contributed by atoms with Gasteiger partial charge in [0.2, 0.25) is 0 Å². The molecule has 0 atom stereocenters. The zero-order valence-electron chi connectivity index (χ0n) is 13.0. The van der Waals surface area contributed by atoms with E-state index in [4.69, 9.17) is 17.0 Å². The van der Waals surface area contributed by atoms with E-state index in [1.54, 1.807) is 12.4 Å². The molecule has 0 radical (unpaired) electrons. The number of thiocarbonyl (C=S) groups is 1. The van der Waals surface area contributed by atoms with Crippen molar-refractivity contribution in [1.82, 2.24) is 4.98 Å². The van der Waals surface area contributed by atoms with Crippen LogP contribution in [0.3, 0.4) is 0 Å². The molecule has 0 aliphatic heterocycles. The third kappa shape index (κ3) is 4.79. The average molecular weight is 335 g/mol. The molecule has 0 fully saturated rings. The largest absolute Gasteiger partial charge is 0.489 e. The highest BCUT2D eigenvalue weighted by molar-refractivity contribution is 7.80. The van der Waals surface area contributed by atoms with Gasteiger partial charge in [-0.1, -0.05) is 30.3 Å². The second-order valence-electron chi connectivity index (χ2n) is 5.12. The summed E-state index contributed by atoms with van der Waals surface area (Å²) in [5.74, 6) is 0.815. The fourth-order valence-electron chi connectivity index (χ4n) is 2.11. The van der Waals surface area contributed by atoms with Gasteiger partial charge in [0.05, 0.1) is 11.9 Å². The van der Waals surface area contributed by atoms with Crippen LogP contribution in [0.1, 0.15) is 5.56 Å². The van der Waals surface area contributed by atoms with Gasteiger partial charge in [0.25, 0.3) is 0 Å². The minimum Gasteiger partial charge on any atom is -0.489 e. The van der Waals surface area contributed by atoms with E-state index in [-0.39, 0.29) is 0 Å². The van der Waals surface area contributed by atoms with E-state index in [0.717, 1.165) is 22.7 Å². The Morgan fingerprint density at radius 3 is 2.33 bits per heavy atom. The third-order valence-electron chi connectivity index (χ3n) is 3.28. The molecule has 0 unspecified atom stereocenters. The normalized spacial score (nSPS) is 10.0. The number of pyridine rings is 1. The van der Waals surface area contributed by atoms with Gasteiger partial charge in [0.1, 0.15) is 12.4 Å². The van der Waals surface area contributed by atoms with E-state index < -0.39 is 0 Å². The van der Waals surface area contributed by atoms with Gasteiger partial charge in [-0.25, -0.2) is 0 Å². The van der Waals surface area contributed by atoms with Gasteiger partial charge >= 0.3 is 0 Å². The molecular formula is C19H17N3OS. The molecule has 0 aliphatic rings. The molecule has 120 valence electrons. The standard InChI is InChI=1S/C19H17N3OS/c24-19(22-17-7-4-12-20-13-17)21-16-8-10-18(11-9-16)23-14-15-5-2-1-3-6-15/h1-13H,14H2,(H2,21,22,24). The Kier molecular flexibility index (Phi) is 5.37. The lowest BCUT2D eigenvalue weighted by molar-refractivity contribution is 0.306. The summed E-state index contributed by atoms with van der Waals surface area (Å²) in [6, 6.07) is 21.5. The number of ether oxygens (including phenoxy) is 1. The molecule has 0 bridgehead atoms. The Labute approximate surface area is 146 Å².